The van der Waals surface area contributed by atoms with E-state index in [-0.39, 0.29) is 0 Å². The van der Waals surface area contributed by atoms with Crippen LogP contribution in [0.3, 0.4) is 0 Å². The molecule has 0 spiro atoms. The van der Waals surface area contributed by atoms with Crippen molar-refractivity contribution in [3.63, 3.8) is 0 Å². The molecule has 0 aromatic carbocycles. The Morgan fingerprint density at radius 3 is 2.62 bits per heavy atom. The van der Waals surface area contributed by atoms with Crippen molar-refractivity contribution >= 4 is 0 Å². The third kappa shape index (κ3) is 4.12. The predicted octanol–water partition coefficient (Wildman–Crippen LogP) is 3.34. The maximum atomic E-state index is 3.66. The van der Waals surface area contributed by atoms with E-state index in [0.717, 1.165) is 12.0 Å². The first kappa shape index (κ1) is 11.0. The molecule has 2 unspecified atom stereocenters. The molecule has 0 aromatic rings. The Kier molecular flexibility index (Phi) is 5.45. The average Bonchev–Trinajstić information content (AvgIpc) is 2.39. The van der Waals surface area contributed by atoms with Gasteiger partial charge in [-0.2, -0.15) is 0 Å². The first-order valence-electron chi connectivity index (χ1n) is 6.10. The van der Waals surface area contributed by atoms with E-state index >= 15 is 0 Å². The highest BCUT2D eigenvalue weighted by atomic mass is 14.9. The molecule has 1 heteroatoms. The van der Waals surface area contributed by atoms with Crippen molar-refractivity contribution in [1.82, 2.24) is 5.32 Å². The van der Waals surface area contributed by atoms with Crippen molar-refractivity contribution in [2.24, 2.45) is 5.92 Å². The van der Waals surface area contributed by atoms with Gasteiger partial charge in [-0.25, -0.2) is 0 Å². The lowest BCUT2D eigenvalue weighted by Crippen LogP contribution is -2.29. The number of rotatable bonds is 4. The maximum absolute atomic E-state index is 3.66. The summed E-state index contributed by atoms with van der Waals surface area (Å²) in [6.07, 6.45) is 9.86. The molecule has 2 atom stereocenters. The van der Waals surface area contributed by atoms with Gasteiger partial charge in [-0.3, -0.25) is 0 Å². The number of hydrogen-bond donors (Lipinski definition) is 1. The molecule has 1 N–H and O–H groups in total. The summed E-state index contributed by atoms with van der Waals surface area (Å²) in [6, 6.07) is 0.830. The summed E-state index contributed by atoms with van der Waals surface area (Å²) >= 11 is 0. The minimum absolute atomic E-state index is 0.830. The van der Waals surface area contributed by atoms with Crippen LogP contribution in [0.15, 0.2) is 0 Å². The molecule has 0 heterocycles. The molecule has 0 radical (unpaired) electrons. The summed E-state index contributed by atoms with van der Waals surface area (Å²) in [4.78, 5) is 0. The van der Waals surface area contributed by atoms with E-state index in [0.29, 0.717) is 0 Å². The van der Waals surface area contributed by atoms with Crippen LogP contribution in [0.4, 0.5) is 0 Å². The van der Waals surface area contributed by atoms with Gasteiger partial charge in [0.25, 0.3) is 0 Å². The second-order valence-corrected chi connectivity index (χ2v) is 4.43. The fraction of sp³-hybridized carbons (Fsp3) is 1.00. The molecule has 0 bridgehead atoms. The molecule has 0 saturated heterocycles. The second-order valence-electron chi connectivity index (χ2n) is 4.43. The van der Waals surface area contributed by atoms with Gasteiger partial charge in [0.15, 0.2) is 0 Å². The van der Waals surface area contributed by atoms with Gasteiger partial charge in [0, 0.05) is 6.04 Å². The van der Waals surface area contributed by atoms with Gasteiger partial charge in [-0.15, -0.1) is 0 Å². The Hall–Kier alpha value is -0.0400. The molecular weight excluding hydrogens is 158 g/mol. The summed E-state index contributed by atoms with van der Waals surface area (Å²) in [7, 11) is 0. The molecular formula is C12H25N. The van der Waals surface area contributed by atoms with Crippen LogP contribution >= 0.6 is 0 Å². The second kappa shape index (κ2) is 6.42. The van der Waals surface area contributed by atoms with Crippen molar-refractivity contribution in [3.8, 4) is 0 Å². The van der Waals surface area contributed by atoms with Crippen LogP contribution in [0, 0.1) is 5.92 Å². The zero-order valence-corrected chi connectivity index (χ0v) is 9.31. The van der Waals surface area contributed by atoms with Gasteiger partial charge in [0.1, 0.15) is 0 Å². The topological polar surface area (TPSA) is 12.0 Å². The molecule has 0 aromatic heterocycles. The fourth-order valence-corrected chi connectivity index (χ4v) is 2.34. The molecule has 1 aliphatic rings. The first-order valence-corrected chi connectivity index (χ1v) is 6.10. The van der Waals surface area contributed by atoms with Crippen LogP contribution < -0.4 is 5.32 Å². The van der Waals surface area contributed by atoms with Gasteiger partial charge in [0.2, 0.25) is 0 Å². The van der Waals surface area contributed by atoms with Gasteiger partial charge in [-0.05, 0) is 38.1 Å². The standard InChI is InChI=1S/C12H25N/c1-3-10-13-12-7-5-6-11(4-2)8-9-12/h11-13H,3-10H2,1-2H3. The Morgan fingerprint density at radius 2 is 1.92 bits per heavy atom. The molecule has 1 nitrogen and oxygen atoms in total. The quantitative estimate of drug-likeness (QED) is 0.659. The highest BCUT2D eigenvalue weighted by Crippen LogP contribution is 2.25. The van der Waals surface area contributed by atoms with E-state index in [1.165, 1.54) is 51.5 Å². The van der Waals surface area contributed by atoms with Crippen LogP contribution in [-0.4, -0.2) is 12.6 Å². The minimum atomic E-state index is 0.830. The van der Waals surface area contributed by atoms with Crippen LogP contribution in [0.5, 0.6) is 0 Å². The smallest absolute Gasteiger partial charge is 0.00671 e. The van der Waals surface area contributed by atoms with Gasteiger partial charge in [0.05, 0.1) is 0 Å². The summed E-state index contributed by atoms with van der Waals surface area (Å²) < 4.78 is 0. The van der Waals surface area contributed by atoms with Crippen LogP contribution in [0.25, 0.3) is 0 Å². The van der Waals surface area contributed by atoms with E-state index in [2.05, 4.69) is 19.2 Å². The Bertz CT molecular complexity index is 122. The summed E-state index contributed by atoms with van der Waals surface area (Å²) in [5, 5.41) is 3.66. The van der Waals surface area contributed by atoms with E-state index in [1.807, 2.05) is 0 Å². The summed E-state index contributed by atoms with van der Waals surface area (Å²) in [5.74, 6) is 1.02. The van der Waals surface area contributed by atoms with Gasteiger partial charge >= 0.3 is 0 Å². The monoisotopic (exact) mass is 183 g/mol. The first-order chi connectivity index (χ1) is 6.36. The third-order valence-electron chi connectivity index (χ3n) is 3.35. The lowest BCUT2D eigenvalue weighted by Gasteiger charge is -2.15. The van der Waals surface area contributed by atoms with Crippen LogP contribution in [-0.2, 0) is 0 Å². The van der Waals surface area contributed by atoms with Gasteiger partial charge in [-0.1, -0.05) is 33.1 Å². The minimum Gasteiger partial charge on any atom is -0.314 e. The van der Waals surface area contributed by atoms with Crippen LogP contribution in [0.1, 0.15) is 58.8 Å². The Labute approximate surface area is 83.3 Å². The normalized spacial score (nSPS) is 30.0. The Balaban J connectivity index is 2.19. The lowest BCUT2D eigenvalue weighted by molar-refractivity contribution is 0.426. The number of nitrogens with one attached hydrogen (secondary N) is 1. The third-order valence-corrected chi connectivity index (χ3v) is 3.35. The molecule has 1 saturated carbocycles. The molecule has 13 heavy (non-hydrogen) atoms. The van der Waals surface area contributed by atoms with E-state index in [9.17, 15) is 0 Å². The van der Waals surface area contributed by atoms with Crippen molar-refractivity contribution in [3.05, 3.63) is 0 Å². The summed E-state index contributed by atoms with van der Waals surface area (Å²) in [6.45, 7) is 5.80. The van der Waals surface area contributed by atoms with Crippen molar-refractivity contribution in [1.29, 1.82) is 0 Å². The highest BCUT2D eigenvalue weighted by molar-refractivity contribution is 4.74. The van der Waals surface area contributed by atoms with E-state index in [4.69, 9.17) is 0 Å². The molecule has 78 valence electrons. The molecule has 1 rings (SSSR count). The average molecular weight is 183 g/mol. The predicted molar refractivity (Wildman–Crippen MR) is 58.9 cm³/mol. The molecule has 0 aliphatic heterocycles. The highest BCUT2D eigenvalue weighted by Gasteiger charge is 2.16. The van der Waals surface area contributed by atoms with Crippen molar-refractivity contribution < 1.29 is 0 Å². The maximum Gasteiger partial charge on any atom is 0.00671 e. The van der Waals surface area contributed by atoms with Crippen molar-refractivity contribution in [2.75, 3.05) is 6.54 Å². The van der Waals surface area contributed by atoms with E-state index < -0.39 is 0 Å². The van der Waals surface area contributed by atoms with Crippen molar-refractivity contribution in [2.45, 2.75) is 64.8 Å². The SMILES string of the molecule is CCCNC1CCCC(CC)CC1. The zero-order valence-electron chi connectivity index (χ0n) is 9.31. The van der Waals surface area contributed by atoms with E-state index in [1.54, 1.807) is 0 Å². The molecule has 1 fully saturated rings. The van der Waals surface area contributed by atoms with Gasteiger partial charge < -0.3 is 5.32 Å². The molecule has 1 aliphatic carbocycles. The Morgan fingerprint density at radius 1 is 1.08 bits per heavy atom. The largest absolute Gasteiger partial charge is 0.314 e. The van der Waals surface area contributed by atoms with Crippen LogP contribution in [0.2, 0.25) is 0 Å². The lowest BCUT2D eigenvalue weighted by atomic mass is 9.98. The zero-order chi connectivity index (χ0) is 9.52. The number of hydrogen-bond acceptors (Lipinski definition) is 1. The molecule has 0 amide bonds. The summed E-state index contributed by atoms with van der Waals surface area (Å²) in [5.41, 5.74) is 0. The fourth-order valence-electron chi connectivity index (χ4n) is 2.34.